The molecule has 33 heavy (non-hydrogen) atoms. The lowest BCUT2D eigenvalue weighted by molar-refractivity contribution is -0.137. The molecule has 0 bridgehead atoms. The number of aromatic nitrogens is 3. The minimum atomic E-state index is -4.44. The van der Waals surface area contributed by atoms with Crippen LogP contribution in [0.15, 0.2) is 77.2 Å². The zero-order valence-electron chi connectivity index (χ0n) is 18.0. The maximum Gasteiger partial charge on any atom is 0.416 e. The van der Waals surface area contributed by atoms with Crippen LogP contribution in [0.5, 0.6) is 0 Å². The summed E-state index contributed by atoms with van der Waals surface area (Å²) in [7, 11) is 0. The first-order valence-corrected chi connectivity index (χ1v) is 10.5. The van der Waals surface area contributed by atoms with Crippen LogP contribution in [0.1, 0.15) is 22.4 Å². The molecule has 0 saturated carbocycles. The summed E-state index contributed by atoms with van der Waals surface area (Å²) in [6.07, 6.45) is -4.44. The normalized spacial score (nSPS) is 11.9. The Labute approximate surface area is 188 Å². The van der Waals surface area contributed by atoms with Gasteiger partial charge in [-0.05, 0) is 61.4 Å². The fourth-order valence-electron chi connectivity index (χ4n) is 4.04. The number of benzene rings is 3. The van der Waals surface area contributed by atoms with Crippen molar-refractivity contribution in [1.82, 2.24) is 14.8 Å². The third kappa shape index (κ3) is 3.91. The summed E-state index contributed by atoms with van der Waals surface area (Å²) in [6, 6.07) is 21.0. The van der Waals surface area contributed by atoms with Gasteiger partial charge in [-0.2, -0.15) is 13.2 Å². The van der Waals surface area contributed by atoms with Crippen molar-refractivity contribution in [2.24, 2.45) is 0 Å². The second-order valence-electron chi connectivity index (χ2n) is 8.01. The molecule has 0 fully saturated rings. The molecule has 0 unspecified atom stereocenters. The summed E-state index contributed by atoms with van der Waals surface area (Å²) in [4.78, 5) is 0. The molecule has 3 aromatic carbocycles. The predicted octanol–water partition coefficient (Wildman–Crippen LogP) is 7.04. The molecular weight excluding hydrogens is 427 g/mol. The highest BCUT2D eigenvalue weighted by Gasteiger charge is 2.31. The van der Waals surface area contributed by atoms with Crippen molar-refractivity contribution in [2.45, 2.75) is 26.6 Å². The van der Waals surface area contributed by atoms with Gasteiger partial charge in [-0.25, -0.2) is 0 Å². The van der Waals surface area contributed by atoms with E-state index in [1.807, 2.05) is 36.4 Å². The van der Waals surface area contributed by atoms with Gasteiger partial charge in [0.25, 0.3) is 0 Å². The minimum Gasteiger partial charge on any atom is -0.416 e. The third-order valence-electron chi connectivity index (χ3n) is 5.93. The van der Waals surface area contributed by atoms with Crippen molar-refractivity contribution < 1.29 is 17.6 Å². The smallest absolute Gasteiger partial charge is 0.416 e. The maximum absolute atomic E-state index is 13.0. The van der Waals surface area contributed by atoms with E-state index in [1.165, 1.54) is 23.4 Å². The van der Waals surface area contributed by atoms with Gasteiger partial charge in [0.05, 0.1) is 5.56 Å². The van der Waals surface area contributed by atoms with E-state index in [0.717, 1.165) is 35.1 Å². The average Bonchev–Trinajstić information content (AvgIpc) is 3.39. The zero-order chi connectivity index (χ0) is 23.2. The molecule has 0 radical (unpaired) electrons. The Hall–Kier alpha value is -3.87. The van der Waals surface area contributed by atoms with Crippen molar-refractivity contribution in [2.75, 3.05) is 0 Å². The number of halogens is 3. The van der Waals surface area contributed by atoms with E-state index in [-0.39, 0.29) is 17.3 Å². The standard InChI is InChI=1S/C26H20F3N3O/c1-16-17(2)32(15-18-7-4-3-5-8-18)23-12-11-20(14-22(16)23)25-31-30-24(33-25)19-9-6-10-21(13-19)26(27,28)29/h3-14H,15H2,1-2H3. The van der Waals surface area contributed by atoms with Gasteiger partial charge < -0.3 is 8.98 Å². The molecule has 7 heteroatoms. The number of fused-ring (bicyclic) bond motifs is 1. The quantitative estimate of drug-likeness (QED) is 0.297. The second kappa shape index (κ2) is 7.92. The lowest BCUT2D eigenvalue weighted by Crippen LogP contribution is -2.04. The highest BCUT2D eigenvalue weighted by molar-refractivity contribution is 5.89. The summed E-state index contributed by atoms with van der Waals surface area (Å²) >= 11 is 0. The molecule has 0 aliphatic rings. The van der Waals surface area contributed by atoms with Crippen LogP contribution in [0.3, 0.4) is 0 Å². The topological polar surface area (TPSA) is 43.9 Å². The van der Waals surface area contributed by atoms with Crippen molar-refractivity contribution >= 4 is 10.9 Å². The summed E-state index contributed by atoms with van der Waals surface area (Å²) in [6.45, 7) is 4.93. The Kier molecular flexibility index (Phi) is 5.04. The van der Waals surface area contributed by atoms with Crippen molar-refractivity contribution in [3.63, 3.8) is 0 Å². The van der Waals surface area contributed by atoms with Gasteiger partial charge in [0.15, 0.2) is 0 Å². The summed E-state index contributed by atoms with van der Waals surface area (Å²) in [5.41, 5.74) is 4.81. The summed E-state index contributed by atoms with van der Waals surface area (Å²) in [5.74, 6) is 0.308. The second-order valence-corrected chi connectivity index (χ2v) is 8.01. The molecule has 2 heterocycles. The van der Waals surface area contributed by atoms with E-state index in [9.17, 15) is 13.2 Å². The van der Waals surface area contributed by atoms with Gasteiger partial charge in [-0.3, -0.25) is 0 Å². The first-order chi connectivity index (χ1) is 15.8. The van der Waals surface area contributed by atoms with Crippen LogP contribution in [-0.2, 0) is 12.7 Å². The van der Waals surface area contributed by atoms with Crippen molar-refractivity contribution in [1.29, 1.82) is 0 Å². The number of alkyl halides is 3. The molecule has 0 N–H and O–H groups in total. The molecule has 2 aromatic heterocycles. The largest absolute Gasteiger partial charge is 0.416 e. The molecule has 0 amide bonds. The van der Waals surface area contributed by atoms with Crippen LogP contribution >= 0.6 is 0 Å². The molecular formula is C26H20F3N3O. The van der Waals surface area contributed by atoms with Gasteiger partial charge in [0.2, 0.25) is 11.8 Å². The highest BCUT2D eigenvalue weighted by Crippen LogP contribution is 2.34. The van der Waals surface area contributed by atoms with Gasteiger partial charge >= 0.3 is 6.18 Å². The van der Waals surface area contributed by atoms with Crippen LogP contribution in [0.25, 0.3) is 33.8 Å². The molecule has 166 valence electrons. The molecule has 0 saturated heterocycles. The van der Waals surface area contributed by atoms with E-state index < -0.39 is 11.7 Å². The molecule has 5 rings (SSSR count). The minimum absolute atomic E-state index is 0.0470. The Balaban J connectivity index is 1.51. The van der Waals surface area contributed by atoms with Crippen LogP contribution in [-0.4, -0.2) is 14.8 Å². The van der Waals surface area contributed by atoms with Crippen molar-refractivity contribution in [3.05, 3.63) is 95.2 Å². The average molecular weight is 447 g/mol. The SMILES string of the molecule is Cc1c(C)n(Cc2ccccc2)c2ccc(-c3nnc(-c4cccc(C(F)(F)F)c4)o3)cc12. The van der Waals surface area contributed by atoms with E-state index >= 15 is 0 Å². The van der Waals surface area contributed by atoms with Crippen LogP contribution in [0.2, 0.25) is 0 Å². The van der Waals surface area contributed by atoms with Crippen LogP contribution in [0, 0.1) is 13.8 Å². The van der Waals surface area contributed by atoms with Gasteiger partial charge in [-0.1, -0.05) is 36.4 Å². The number of hydrogen-bond donors (Lipinski definition) is 0. The fraction of sp³-hybridized carbons (Fsp3) is 0.154. The van der Waals surface area contributed by atoms with E-state index in [2.05, 4.69) is 40.7 Å². The third-order valence-corrected chi connectivity index (χ3v) is 5.93. The first kappa shape index (κ1) is 21.0. The lowest BCUT2D eigenvalue weighted by atomic mass is 10.1. The molecule has 5 aromatic rings. The molecule has 0 aliphatic heterocycles. The number of rotatable bonds is 4. The van der Waals surface area contributed by atoms with Gasteiger partial charge in [-0.15, -0.1) is 10.2 Å². The predicted molar refractivity (Wildman–Crippen MR) is 121 cm³/mol. The monoisotopic (exact) mass is 447 g/mol. The number of nitrogens with zero attached hydrogens (tertiary/aromatic N) is 3. The maximum atomic E-state index is 13.0. The Morgan fingerprint density at radius 2 is 1.52 bits per heavy atom. The summed E-state index contributed by atoms with van der Waals surface area (Å²) in [5, 5.41) is 9.13. The number of aryl methyl sites for hydroxylation is 1. The molecule has 0 atom stereocenters. The lowest BCUT2D eigenvalue weighted by Gasteiger charge is -2.09. The van der Waals surface area contributed by atoms with Crippen molar-refractivity contribution in [3.8, 4) is 22.9 Å². The first-order valence-electron chi connectivity index (χ1n) is 10.5. The Morgan fingerprint density at radius 1 is 0.818 bits per heavy atom. The van der Waals surface area contributed by atoms with E-state index in [1.54, 1.807) is 0 Å². The van der Waals surface area contributed by atoms with Gasteiger partial charge in [0.1, 0.15) is 0 Å². The zero-order valence-corrected chi connectivity index (χ0v) is 18.0. The Morgan fingerprint density at radius 3 is 2.21 bits per heavy atom. The fourth-order valence-corrected chi connectivity index (χ4v) is 4.04. The highest BCUT2D eigenvalue weighted by atomic mass is 19.4. The van der Waals surface area contributed by atoms with Crippen LogP contribution < -0.4 is 0 Å². The molecule has 4 nitrogen and oxygen atoms in total. The van der Waals surface area contributed by atoms with Crippen LogP contribution in [0.4, 0.5) is 13.2 Å². The van der Waals surface area contributed by atoms with E-state index in [0.29, 0.717) is 5.56 Å². The number of hydrogen-bond acceptors (Lipinski definition) is 3. The summed E-state index contributed by atoms with van der Waals surface area (Å²) < 4.78 is 47.1. The van der Waals surface area contributed by atoms with E-state index in [4.69, 9.17) is 4.42 Å². The van der Waals surface area contributed by atoms with Gasteiger partial charge in [0, 0.05) is 34.3 Å². The molecule has 0 spiro atoms. The molecule has 0 aliphatic carbocycles. The Bertz CT molecular complexity index is 1450.